The Bertz CT molecular complexity index is 875. The molecule has 0 aromatic heterocycles. The van der Waals surface area contributed by atoms with E-state index in [1.54, 1.807) is 12.1 Å². The van der Waals surface area contributed by atoms with E-state index in [1.165, 1.54) is 12.1 Å². The second kappa shape index (κ2) is 6.69. The molecule has 0 atom stereocenters. The van der Waals surface area contributed by atoms with Gasteiger partial charge < -0.3 is 4.74 Å². The zero-order valence-corrected chi connectivity index (χ0v) is 14.2. The number of halogens is 3. The van der Waals surface area contributed by atoms with Gasteiger partial charge >= 0.3 is 5.97 Å². The molecule has 0 aliphatic carbocycles. The molecule has 0 radical (unpaired) electrons. The predicted molar refractivity (Wildman–Crippen MR) is 92.4 cm³/mol. The summed E-state index contributed by atoms with van der Waals surface area (Å²) in [7, 11) is 0. The molecule has 3 rings (SSSR count). The van der Waals surface area contributed by atoms with Gasteiger partial charge in [0.25, 0.3) is 0 Å². The van der Waals surface area contributed by atoms with Crippen molar-refractivity contribution in [3.05, 3.63) is 75.5 Å². The zero-order chi connectivity index (χ0) is 16.4. The predicted octanol–water partition coefficient (Wildman–Crippen LogP) is 5.54. The Labute approximate surface area is 146 Å². The molecule has 0 amide bonds. The van der Waals surface area contributed by atoms with Crippen molar-refractivity contribution in [2.75, 3.05) is 0 Å². The van der Waals surface area contributed by atoms with Crippen molar-refractivity contribution >= 4 is 44.3 Å². The summed E-state index contributed by atoms with van der Waals surface area (Å²) in [5, 5.41) is 2.16. The number of carbonyl (C=O) groups is 1. The first kappa shape index (κ1) is 16.0. The van der Waals surface area contributed by atoms with Crippen LogP contribution in [0.4, 0.5) is 4.39 Å². The lowest BCUT2D eigenvalue weighted by molar-refractivity contribution is -0.133. The summed E-state index contributed by atoms with van der Waals surface area (Å²) < 4.78 is 19.8. The average Bonchev–Trinajstić information content (AvgIpc) is 2.54. The van der Waals surface area contributed by atoms with Crippen molar-refractivity contribution in [2.45, 2.75) is 6.42 Å². The van der Waals surface area contributed by atoms with Crippen LogP contribution in [0.1, 0.15) is 5.56 Å². The molecule has 3 aromatic rings. The van der Waals surface area contributed by atoms with Crippen molar-refractivity contribution < 1.29 is 13.9 Å². The van der Waals surface area contributed by atoms with Gasteiger partial charge in [0, 0.05) is 10.6 Å². The largest absolute Gasteiger partial charge is 0.425 e. The van der Waals surface area contributed by atoms with Gasteiger partial charge in [0.05, 0.1) is 10.9 Å². The maximum atomic E-state index is 13.7. The number of esters is 1. The Hall–Kier alpha value is -1.91. The molecular formula is C18H11BrClFO2. The summed E-state index contributed by atoms with van der Waals surface area (Å²) in [6.45, 7) is 0. The van der Waals surface area contributed by atoms with Gasteiger partial charge in [-0.15, -0.1) is 0 Å². The molecule has 0 spiro atoms. The first-order valence-corrected chi connectivity index (χ1v) is 8.04. The number of hydrogen-bond donors (Lipinski definition) is 0. The molecule has 0 aliphatic rings. The van der Waals surface area contributed by atoms with Crippen LogP contribution in [0.2, 0.25) is 5.02 Å². The molecule has 0 N–H and O–H groups in total. The summed E-state index contributed by atoms with van der Waals surface area (Å²) in [5.74, 6) is -0.707. The van der Waals surface area contributed by atoms with Gasteiger partial charge in [0.2, 0.25) is 0 Å². The second-order valence-electron chi connectivity index (χ2n) is 4.95. The summed E-state index contributed by atoms with van der Waals surface area (Å²) in [4.78, 5) is 12.1. The lowest BCUT2D eigenvalue weighted by Gasteiger charge is -2.10. The van der Waals surface area contributed by atoms with Gasteiger partial charge in [0.1, 0.15) is 11.6 Å². The van der Waals surface area contributed by atoms with Gasteiger partial charge in [-0.2, -0.15) is 0 Å². The van der Waals surface area contributed by atoms with Gasteiger partial charge in [0.15, 0.2) is 0 Å². The molecule has 0 heterocycles. The molecule has 5 heteroatoms. The third-order valence-electron chi connectivity index (χ3n) is 3.43. The molecule has 23 heavy (non-hydrogen) atoms. The van der Waals surface area contributed by atoms with Crippen molar-refractivity contribution in [3.8, 4) is 5.75 Å². The average molecular weight is 394 g/mol. The highest BCUT2D eigenvalue weighted by Gasteiger charge is 2.15. The highest BCUT2D eigenvalue weighted by molar-refractivity contribution is 9.10. The number of fused-ring (bicyclic) bond motifs is 1. The highest BCUT2D eigenvalue weighted by Crippen LogP contribution is 2.33. The smallest absolute Gasteiger partial charge is 0.315 e. The van der Waals surface area contributed by atoms with Crippen LogP contribution in [0.5, 0.6) is 5.75 Å². The fourth-order valence-electron chi connectivity index (χ4n) is 2.30. The molecule has 116 valence electrons. The van der Waals surface area contributed by atoms with Crippen LogP contribution in [0, 0.1) is 5.82 Å². The minimum Gasteiger partial charge on any atom is -0.425 e. The van der Waals surface area contributed by atoms with Gasteiger partial charge in [-0.3, -0.25) is 4.79 Å². The van der Waals surface area contributed by atoms with E-state index in [1.807, 2.05) is 30.3 Å². The standard InChI is InChI=1S/C18H11BrClFO2/c19-18-12-5-2-1-4-11(12)8-9-16(18)23-17(22)10-13-14(20)6-3-7-15(13)21/h1-9H,10H2. The Morgan fingerprint density at radius 2 is 1.87 bits per heavy atom. The Morgan fingerprint density at radius 3 is 2.65 bits per heavy atom. The molecule has 0 unspecified atom stereocenters. The Balaban J connectivity index is 1.85. The number of benzene rings is 3. The SMILES string of the molecule is O=C(Cc1c(F)cccc1Cl)Oc1ccc2ccccc2c1Br. The van der Waals surface area contributed by atoms with Crippen LogP contribution in [0.15, 0.2) is 59.1 Å². The zero-order valence-electron chi connectivity index (χ0n) is 11.9. The van der Waals surface area contributed by atoms with Crippen molar-refractivity contribution in [3.63, 3.8) is 0 Å². The third kappa shape index (κ3) is 3.38. The molecule has 0 aliphatic heterocycles. The summed E-state index contributed by atoms with van der Waals surface area (Å²) in [6.07, 6.45) is -0.231. The number of rotatable bonds is 3. The molecule has 0 fully saturated rings. The fourth-order valence-corrected chi connectivity index (χ4v) is 3.10. The third-order valence-corrected chi connectivity index (χ3v) is 4.61. The quantitative estimate of drug-likeness (QED) is 0.431. The fraction of sp³-hybridized carbons (Fsp3) is 0.0556. The summed E-state index contributed by atoms with van der Waals surface area (Å²) >= 11 is 9.38. The van der Waals surface area contributed by atoms with Crippen LogP contribution < -0.4 is 4.74 Å². The topological polar surface area (TPSA) is 26.3 Å². The normalized spacial score (nSPS) is 10.7. The van der Waals surface area contributed by atoms with Crippen molar-refractivity contribution in [1.82, 2.24) is 0 Å². The van der Waals surface area contributed by atoms with Gasteiger partial charge in [-0.05, 0) is 44.9 Å². The molecule has 0 saturated carbocycles. The minimum atomic E-state index is -0.576. The molecule has 2 nitrogen and oxygen atoms in total. The van der Waals surface area contributed by atoms with Gasteiger partial charge in [-0.1, -0.05) is 48.0 Å². The van der Waals surface area contributed by atoms with E-state index < -0.39 is 11.8 Å². The van der Waals surface area contributed by atoms with E-state index in [0.29, 0.717) is 10.2 Å². The van der Waals surface area contributed by atoms with Crippen LogP contribution in [0.3, 0.4) is 0 Å². The van der Waals surface area contributed by atoms with E-state index in [-0.39, 0.29) is 17.0 Å². The van der Waals surface area contributed by atoms with E-state index >= 15 is 0 Å². The molecule has 0 saturated heterocycles. The number of ether oxygens (including phenoxy) is 1. The summed E-state index contributed by atoms with van der Waals surface area (Å²) in [6, 6.07) is 15.6. The molecular weight excluding hydrogens is 383 g/mol. The number of carbonyl (C=O) groups excluding carboxylic acids is 1. The lowest BCUT2D eigenvalue weighted by Crippen LogP contribution is -2.13. The Morgan fingerprint density at radius 1 is 1.09 bits per heavy atom. The summed E-state index contributed by atoms with van der Waals surface area (Å²) in [5.41, 5.74) is 0.135. The van der Waals surface area contributed by atoms with E-state index in [4.69, 9.17) is 16.3 Å². The lowest BCUT2D eigenvalue weighted by atomic mass is 10.1. The minimum absolute atomic E-state index is 0.135. The highest BCUT2D eigenvalue weighted by atomic mass is 79.9. The van der Waals surface area contributed by atoms with Crippen molar-refractivity contribution in [1.29, 1.82) is 0 Å². The van der Waals surface area contributed by atoms with Crippen LogP contribution in [0.25, 0.3) is 10.8 Å². The van der Waals surface area contributed by atoms with Crippen LogP contribution in [-0.4, -0.2) is 5.97 Å². The number of hydrogen-bond acceptors (Lipinski definition) is 2. The molecule has 3 aromatic carbocycles. The second-order valence-corrected chi connectivity index (χ2v) is 6.15. The first-order chi connectivity index (χ1) is 11.1. The maximum Gasteiger partial charge on any atom is 0.315 e. The molecule has 0 bridgehead atoms. The monoisotopic (exact) mass is 392 g/mol. The van der Waals surface area contributed by atoms with E-state index in [9.17, 15) is 9.18 Å². The Kier molecular flexibility index (Phi) is 4.64. The maximum absolute atomic E-state index is 13.7. The van der Waals surface area contributed by atoms with Crippen LogP contribution in [-0.2, 0) is 11.2 Å². The van der Waals surface area contributed by atoms with Crippen LogP contribution >= 0.6 is 27.5 Å². The van der Waals surface area contributed by atoms with Gasteiger partial charge in [-0.25, -0.2) is 4.39 Å². The van der Waals surface area contributed by atoms with E-state index in [2.05, 4.69) is 15.9 Å². The van der Waals surface area contributed by atoms with E-state index in [0.717, 1.165) is 10.8 Å². The first-order valence-electron chi connectivity index (χ1n) is 6.87. The van der Waals surface area contributed by atoms with Crippen molar-refractivity contribution in [2.24, 2.45) is 0 Å².